The largest absolute Gasteiger partial charge is 0.354 e. The molecule has 0 aliphatic carbocycles. The Morgan fingerprint density at radius 2 is 2.04 bits per heavy atom. The van der Waals surface area contributed by atoms with E-state index in [1.807, 2.05) is 49.3 Å². The second kappa shape index (κ2) is 7.94. The standard InChI is InChI=1S/C19H28N6O2/c1-5-25-15(4)17(14(3)22-25)19(27)23-9-7-16(12-23)18(26)20-8-11-24-10-6-13(2)21-24/h6,10,16H,5,7-9,11-12H2,1-4H3,(H,20,26). The second-order valence-corrected chi connectivity index (χ2v) is 7.11. The normalized spacial score (nSPS) is 16.7. The van der Waals surface area contributed by atoms with Crippen LogP contribution in [0, 0.1) is 26.7 Å². The molecule has 8 nitrogen and oxygen atoms in total. The lowest BCUT2D eigenvalue weighted by Gasteiger charge is -2.17. The third-order valence-corrected chi connectivity index (χ3v) is 5.16. The van der Waals surface area contributed by atoms with Crippen molar-refractivity contribution in [3.05, 3.63) is 34.9 Å². The number of carbonyl (C=O) groups is 2. The van der Waals surface area contributed by atoms with E-state index in [2.05, 4.69) is 15.5 Å². The molecule has 0 bridgehead atoms. The summed E-state index contributed by atoms with van der Waals surface area (Å²) < 4.78 is 3.66. The molecule has 1 N–H and O–H groups in total. The van der Waals surface area contributed by atoms with Gasteiger partial charge in [-0.2, -0.15) is 10.2 Å². The van der Waals surface area contributed by atoms with Crippen LogP contribution in [0.25, 0.3) is 0 Å². The quantitative estimate of drug-likeness (QED) is 0.828. The number of aromatic nitrogens is 4. The van der Waals surface area contributed by atoms with E-state index in [1.54, 1.807) is 4.90 Å². The minimum Gasteiger partial charge on any atom is -0.354 e. The van der Waals surface area contributed by atoms with E-state index in [4.69, 9.17) is 0 Å². The number of rotatable bonds is 6. The Hall–Kier alpha value is -2.64. The molecule has 2 amide bonds. The Balaban J connectivity index is 1.54. The van der Waals surface area contributed by atoms with Crippen molar-refractivity contribution in [2.75, 3.05) is 19.6 Å². The number of nitrogens with zero attached hydrogens (tertiary/aromatic N) is 5. The van der Waals surface area contributed by atoms with Crippen molar-refractivity contribution in [3.63, 3.8) is 0 Å². The van der Waals surface area contributed by atoms with Gasteiger partial charge in [0.2, 0.25) is 5.91 Å². The molecule has 0 radical (unpaired) electrons. The summed E-state index contributed by atoms with van der Waals surface area (Å²) in [5.74, 6) is -0.172. The number of likely N-dealkylation sites (tertiary alicyclic amines) is 1. The fourth-order valence-corrected chi connectivity index (χ4v) is 3.66. The average molecular weight is 372 g/mol. The van der Waals surface area contributed by atoms with Crippen molar-refractivity contribution in [3.8, 4) is 0 Å². The van der Waals surface area contributed by atoms with E-state index in [-0.39, 0.29) is 17.7 Å². The van der Waals surface area contributed by atoms with Gasteiger partial charge in [0.05, 0.1) is 29.4 Å². The Morgan fingerprint density at radius 1 is 1.26 bits per heavy atom. The molecule has 1 aliphatic heterocycles. The van der Waals surface area contributed by atoms with E-state index in [0.29, 0.717) is 38.2 Å². The number of nitrogens with one attached hydrogen (secondary N) is 1. The average Bonchev–Trinajstić information content (AvgIpc) is 3.34. The molecule has 1 atom stereocenters. The van der Waals surface area contributed by atoms with Crippen LogP contribution < -0.4 is 5.32 Å². The summed E-state index contributed by atoms with van der Waals surface area (Å²) in [6.07, 6.45) is 2.59. The van der Waals surface area contributed by atoms with Gasteiger partial charge in [-0.05, 0) is 40.2 Å². The monoisotopic (exact) mass is 372 g/mol. The molecular formula is C19H28N6O2. The summed E-state index contributed by atoms with van der Waals surface area (Å²) >= 11 is 0. The minimum absolute atomic E-state index is 0.00637. The Labute approximate surface area is 159 Å². The highest BCUT2D eigenvalue weighted by Crippen LogP contribution is 2.22. The molecule has 2 aromatic rings. The van der Waals surface area contributed by atoms with Crippen LogP contribution in [0.1, 0.15) is 40.8 Å². The molecule has 1 saturated heterocycles. The van der Waals surface area contributed by atoms with E-state index in [9.17, 15) is 9.59 Å². The molecule has 146 valence electrons. The minimum atomic E-state index is -0.157. The van der Waals surface area contributed by atoms with Crippen molar-refractivity contribution in [2.45, 2.75) is 47.2 Å². The second-order valence-electron chi connectivity index (χ2n) is 7.11. The lowest BCUT2D eigenvalue weighted by Crippen LogP contribution is -2.36. The number of hydrogen-bond donors (Lipinski definition) is 1. The highest BCUT2D eigenvalue weighted by atomic mass is 16.2. The summed E-state index contributed by atoms with van der Waals surface area (Å²) in [6.45, 7) is 10.7. The zero-order valence-corrected chi connectivity index (χ0v) is 16.5. The van der Waals surface area contributed by atoms with Gasteiger partial charge in [0, 0.05) is 38.1 Å². The molecule has 3 rings (SSSR count). The predicted octanol–water partition coefficient (Wildman–Crippen LogP) is 1.30. The van der Waals surface area contributed by atoms with Gasteiger partial charge in [0.25, 0.3) is 5.91 Å². The van der Waals surface area contributed by atoms with E-state index < -0.39 is 0 Å². The SMILES string of the molecule is CCn1nc(C)c(C(=O)N2CCC(C(=O)NCCn3ccc(C)n3)C2)c1C. The number of hydrogen-bond acceptors (Lipinski definition) is 4. The van der Waals surface area contributed by atoms with E-state index in [1.165, 1.54) is 0 Å². The van der Waals surface area contributed by atoms with Crippen LogP contribution in [0.3, 0.4) is 0 Å². The van der Waals surface area contributed by atoms with Crippen LogP contribution in [0.5, 0.6) is 0 Å². The van der Waals surface area contributed by atoms with Crippen LogP contribution in [0.4, 0.5) is 0 Å². The van der Waals surface area contributed by atoms with Crippen molar-refractivity contribution < 1.29 is 9.59 Å². The lowest BCUT2D eigenvalue weighted by atomic mass is 10.1. The Bertz CT molecular complexity index is 837. The molecule has 0 spiro atoms. The van der Waals surface area contributed by atoms with Crippen molar-refractivity contribution in [1.29, 1.82) is 0 Å². The van der Waals surface area contributed by atoms with Gasteiger partial charge >= 0.3 is 0 Å². The predicted molar refractivity (Wildman–Crippen MR) is 101 cm³/mol. The summed E-state index contributed by atoms with van der Waals surface area (Å²) in [6, 6.07) is 1.94. The van der Waals surface area contributed by atoms with Gasteiger partial charge in [-0.3, -0.25) is 19.0 Å². The maximum Gasteiger partial charge on any atom is 0.257 e. The molecule has 1 aliphatic rings. The highest BCUT2D eigenvalue weighted by molar-refractivity contribution is 5.97. The Morgan fingerprint density at radius 3 is 2.67 bits per heavy atom. The zero-order chi connectivity index (χ0) is 19.6. The van der Waals surface area contributed by atoms with Crippen LogP contribution in [-0.4, -0.2) is 55.9 Å². The fraction of sp³-hybridized carbons (Fsp3) is 0.579. The van der Waals surface area contributed by atoms with Crippen LogP contribution in [0.2, 0.25) is 0 Å². The first-order valence-electron chi connectivity index (χ1n) is 9.51. The molecule has 3 heterocycles. The third-order valence-electron chi connectivity index (χ3n) is 5.16. The third kappa shape index (κ3) is 4.04. The van der Waals surface area contributed by atoms with Crippen molar-refractivity contribution >= 4 is 11.8 Å². The summed E-state index contributed by atoms with van der Waals surface area (Å²) in [4.78, 5) is 27.1. The van der Waals surface area contributed by atoms with E-state index in [0.717, 1.165) is 23.6 Å². The first kappa shape index (κ1) is 19.1. The fourth-order valence-electron chi connectivity index (χ4n) is 3.66. The van der Waals surface area contributed by atoms with Crippen molar-refractivity contribution in [1.82, 2.24) is 29.8 Å². The summed E-state index contributed by atoms with van der Waals surface area (Å²) in [5, 5.41) is 11.7. The van der Waals surface area contributed by atoms with Crippen LogP contribution in [-0.2, 0) is 17.9 Å². The van der Waals surface area contributed by atoms with Crippen LogP contribution >= 0.6 is 0 Å². The summed E-state index contributed by atoms with van der Waals surface area (Å²) in [7, 11) is 0. The molecule has 0 saturated carbocycles. The molecule has 0 aromatic carbocycles. The topological polar surface area (TPSA) is 85.0 Å². The Kier molecular flexibility index (Phi) is 5.62. The van der Waals surface area contributed by atoms with E-state index >= 15 is 0 Å². The lowest BCUT2D eigenvalue weighted by molar-refractivity contribution is -0.124. The molecule has 8 heteroatoms. The highest BCUT2D eigenvalue weighted by Gasteiger charge is 2.33. The number of aryl methyl sites for hydroxylation is 3. The molecular weight excluding hydrogens is 344 g/mol. The first-order valence-corrected chi connectivity index (χ1v) is 9.51. The maximum absolute atomic E-state index is 12.9. The van der Waals surface area contributed by atoms with Gasteiger partial charge in [-0.25, -0.2) is 0 Å². The molecule has 1 fully saturated rings. The van der Waals surface area contributed by atoms with Gasteiger partial charge in [-0.1, -0.05) is 0 Å². The molecule has 1 unspecified atom stereocenters. The van der Waals surface area contributed by atoms with Gasteiger partial charge in [0.15, 0.2) is 0 Å². The van der Waals surface area contributed by atoms with Gasteiger partial charge < -0.3 is 10.2 Å². The number of carbonyl (C=O) groups excluding carboxylic acids is 2. The number of amides is 2. The maximum atomic E-state index is 12.9. The first-order chi connectivity index (χ1) is 12.9. The molecule has 2 aromatic heterocycles. The van der Waals surface area contributed by atoms with Gasteiger partial charge in [0.1, 0.15) is 0 Å². The zero-order valence-electron chi connectivity index (χ0n) is 16.5. The van der Waals surface area contributed by atoms with Crippen molar-refractivity contribution in [2.24, 2.45) is 5.92 Å². The van der Waals surface area contributed by atoms with Gasteiger partial charge in [-0.15, -0.1) is 0 Å². The summed E-state index contributed by atoms with van der Waals surface area (Å²) in [5.41, 5.74) is 3.28. The molecule has 27 heavy (non-hydrogen) atoms. The van der Waals surface area contributed by atoms with Crippen LogP contribution in [0.15, 0.2) is 12.3 Å². The smallest absolute Gasteiger partial charge is 0.257 e.